The van der Waals surface area contributed by atoms with Crippen LogP contribution in [0.2, 0.25) is 5.02 Å². The second-order valence-corrected chi connectivity index (χ2v) is 26.8. The molecule has 0 bridgehead atoms. The van der Waals surface area contributed by atoms with Crippen molar-refractivity contribution in [2.75, 3.05) is 64.2 Å². The SMILES string of the molecule is Cn1ncc2cc(F)c(-c3cccc4c3c(C3CCN(C(=O)[C@]56C[C@H]5CCCN6C(=O)C5CCN(C(=O)C6(Oc7ccccc7-c7nc8cccc(Cl)c8s7)CCN(C(=O)[C@H]7CC(=O)Nc8ccccc87)CC6)CC5)CC3)nn4CC(=O)NCC(=O)NCC(=O)O)cc21. The number of amides is 7. The van der Waals surface area contributed by atoms with Gasteiger partial charge in [0.1, 0.15) is 35.2 Å². The Morgan fingerprint density at radius 1 is 0.763 bits per heavy atom. The molecule has 93 heavy (non-hydrogen) atoms. The van der Waals surface area contributed by atoms with Crippen LogP contribution in [0.4, 0.5) is 10.1 Å². The Hall–Kier alpha value is -9.29. The molecule has 4 N–H and O–H groups in total. The first kappa shape index (κ1) is 61.2. The average Bonchev–Trinajstić information content (AvgIpc) is 1.55. The lowest BCUT2D eigenvalue weighted by Gasteiger charge is -2.46. The minimum absolute atomic E-state index is 0.00717. The highest BCUT2D eigenvalue weighted by atomic mass is 35.5. The molecule has 1 aliphatic carbocycles. The fourth-order valence-corrected chi connectivity index (χ4v) is 16.3. The number of rotatable bonds is 15. The molecule has 5 aliphatic heterocycles. The van der Waals surface area contributed by atoms with Crippen LogP contribution in [0.15, 0.2) is 103 Å². The maximum atomic E-state index is 16.3. The van der Waals surface area contributed by atoms with Crippen molar-refractivity contribution in [3.63, 3.8) is 0 Å². The molecule has 480 valence electrons. The zero-order chi connectivity index (χ0) is 64.4. The second-order valence-electron chi connectivity index (χ2n) is 25.4. The van der Waals surface area contributed by atoms with Crippen LogP contribution in [-0.4, -0.2) is 167 Å². The third kappa shape index (κ3) is 11.4. The van der Waals surface area contributed by atoms with Crippen molar-refractivity contribution >= 4 is 108 Å². The molecular formula is C68H68ClFN12O10S. The number of hydrogen-bond acceptors (Lipinski definition) is 13. The highest BCUT2D eigenvalue weighted by Gasteiger charge is 2.67. The van der Waals surface area contributed by atoms with Crippen LogP contribution >= 0.6 is 22.9 Å². The van der Waals surface area contributed by atoms with Crippen molar-refractivity contribution in [3.8, 4) is 27.4 Å². The number of likely N-dealkylation sites (tertiary alicyclic amines) is 4. The van der Waals surface area contributed by atoms with Crippen molar-refractivity contribution in [1.29, 1.82) is 0 Å². The third-order valence-corrected chi connectivity index (χ3v) is 21.5. The molecule has 14 rings (SSSR count). The van der Waals surface area contributed by atoms with Gasteiger partial charge in [-0.25, -0.2) is 9.37 Å². The van der Waals surface area contributed by atoms with E-state index in [9.17, 15) is 24.0 Å². The Morgan fingerprint density at radius 3 is 2.27 bits per heavy atom. The van der Waals surface area contributed by atoms with E-state index in [1.165, 1.54) is 22.1 Å². The Morgan fingerprint density at radius 2 is 1.48 bits per heavy atom. The number of carboxylic acids is 1. The number of nitrogens with zero attached hydrogens (tertiary/aromatic N) is 9. The van der Waals surface area contributed by atoms with Gasteiger partial charge in [0.15, 0.2) is 5.60 Å². The van der Waals surface area contributed by atoms with Gasteiger partial charge in [0, 0.05) is 106 Å². The number of nitrogens with one attached hydrogen (secondary N) is 3. The van der Waals surface area contributed by atoms with Crippen LogP contribution in [0.5, 0.6) is 5.75 Å². The Kier molecular flexibility index (Phi) is 16.2. The summed E-state index contributed by atoms with van der Waals surface area (Å²) in [5.41, 5.74) is 3.16. The molecule has 0 spiro atoms. The fourth-order valence-electron chi connectivity index (χ4n) is 15.0. The van der Waals surface area contributed by atoms with Crippen LogP contribution in [-0.2, 0) is 51.9 Å². The zero-order valence-corrected chi connectivity index (χ0v) is 52.6. The molecule has 4 saturated heterocycles. The summed E-state index contributed by atoms with van der Waals surface area (Å²) < 4.78 is 27.4. The van der Waals surface area contributed by atoms with Crippen LogP contribution in [0.3, 0.4) is 0 Å². The van der Waals surface area contributed by atoms with Crippen molar-refractivity contribution in [3.05, 3.63) is 125 Å². The molecule has 0 radical (unpaired) electrons. The predicted molar refractivity (Wildman–Crippen MR) is 344 cm³/mol. The van der Waals surface area contributed by atoms with Gasteiger partial charge < -0.3 is 45.4 Å². The molecule has 5 aromatic carbocycles. The number of halogens is 2. The van der Waals surface area contributed by atoms with Gasteiger partial charge in [-0.05, 0) is 111 Å². The standard InChI is InChI=1S/C68H68ClFN12O10S/c1-77-53-32-46(49(70)31-41(53)35-73-77)44-12-6-16-52-59(44)60(76-82(52)38-57(85)71-36-56(84)72-37-58(86)87)39-18-25-80(26-19-39)66(91)68-34-42(68)9-8-24-81(68)63(88)40-20-27-79(28-21-40)65(90)67(92-54-17-5-3-11-45(54)62-75-51-15-7-13-48(69)61(51)93-62)22-29-78(30-23-67)64(89)47-33-55(83)74-50-14-4-2-10-43(47)50/h2-7,10-17,31-32,35,39-40,42,47H,8-9,18-30,33-34,36-38H2,1H3,(H,71,85)(H,72,84)(H,74,83)(H,86,87)/t42-,47+,68+/m1/s1. The van der Waals surface area contributed by atoms with Crippen molar-refractivity contribution in [2.24, 2.45) is 18.9 Å². The molecule has 5 fully saturated rings. The van der Waals surface area contributed by atoms with Crippen LogP contribution in [0.25, 0.3) is 53.7 Å². The molecule has 1 saturated carbocycles. The van der Waals surface area contributed by atoms with E-state index < -0.39 is 59.7 Å². The molecule has 3 atom stereocenters. The molecule has 22 nitrogen and oxygen atoms in total. The number of aromatic nitrogens is 5. The quantitative estimate of drug-likeness (QED) is 0.0762. The van der Waals surface area contributed by atoms with E-state index in [4.69, 9.17) is 31.5 Å². The van der Waals surface area contributed by atoms with Crippen LogP contribution in [0, 0.1) is 17.7 Å². The van der Waals surface area contributed by atoms with E-state index in [1.54, 1.807) is 52.0 Å². The summed E-state index contributed by atoms with van der Waals surface area (Å²) >= 11 is 8.06. The molecule has 7 amide bonds. The normalized spacial score (nSPS) is 20.7. The van der Waals surface area contributed by atoms with E-state index in [0.717, 1.165) is 28.6 Å². The number of piperidine rings is 4. The van der Waals surface area contributed by atoms with Crippen LogP contribution < -0.4 is 20.7 Å². The number of benzene rings is 5. The molecule has 8 aromatic rings. The van der Waals surface area contributed by atoms with E-state index >= 15 is 18.8 Å². The van der Waals surface area contributed by atoms with E-state index in [0.29, 0.717) is 117 Å². The highest BCUT2D eigenvalue weighted by Crippen LogP contribution is 2.56. The smallest absolute Gasteiger partial charge is 0.322 e. The zero-order valence-electron chi connectivity index (χ0n) is 51.1. The van der Waals surface area contributed by atoms with Gasteiger partial charge in [0.05, 0.1) is 56.2 Å². The van der Waals surface area contributed by atoms with Crippen LogP contribution in [0.1, 0.15) is 87.3 Å². The molecule has 8 heterocycles. The van der Waals surface area contributed by atoms with E-state index in [-0.39, 0.29) is 93.4 Å². The molecule has 25 heteroatoms. The number of hydrogen-bond donors (Lipinski definition) is 4. The molecule has 0 unspecified atom stereocenters. The summed E-state index contributed by atoms with van der Waals surface area (Å²) in [4.78, 5) is 122. The fraction of sp³-hybridized carbons (Fsp3) is 0.397. The summed E-state index contributed by atoms with van der Waals surface area (Å²) in [5, 5.41) is 28.5. The molecule has 6 aliphatic rings. The molecule has 3 aromatic heterocycles. The Bertz CT molecular complexity index is 4370. The van der Waals surface area contributed by atoms with Crippen molar-refractivity contribution in [2.45, 2.75) is 93.7 Å². The van der Waals surface area contributed by atoms with Gasteiger partial charge >= 0.3 is 5.97 Å². The largest absolute Gasteiger partial charge is 0.480 e. The van der Waals surface area contributed by atoms with Gasteiger partial charge in [0.2, 0.25) is 35.4 Å². The first-order valence-corrected chi connectivity index (χ1v) is 32.9. The number of carbonyl (C=O) groups is 8. The molecular weight excluding hydrogens is 1230 g/mol. The van der Waals surface area contributed by atoms with Gasteiger partial charge in [-0.15, -0.1) is 11.3 Å². The number of ether oxygens (including phenoxy) is 1. The highest BCUT2D eigenvalue weighted by molar-refractivity contribution is 7.22. The van der Waals surface area contributed by atoms with E-state index in [1.807, 2.05) is 76.5 Å². The number of thiazole rings is 1. The van der Waals surface area contributed by atoms with Gasteiger partial charge in [-0.1, -0.05) is 60.1 Å². The summed E-state index contributed by atoms with van der Waals surface area (Å²) in [5.74, 6) is -4.64. The number of anilines is 1. The summed E-state index contributed by atoms with van der Waals surface area (Å²) in [7, 11) is 1.78. The monoisotopic (exact) mass is 1300 g/mol. The van der Waals surface area contributed by atoms with Gasteiger partial charge in [-0.3, -0.25) is 47.7 Å². The summed E-state index contributed by atoms with van der Waals surface area (Å²) in [6.45, 7) is 0.738. The maximum Gasteiger partial charge on any atom is 0.322 e. The second kappa shape index (κ2) is 24.6. The summed E-state index contributed by atoms with van der Waals surface area (Å²) in [6, 6.07) is 28.9. The lowest BCUT2D eigenvalue weighted by molar-refractivity contribution is -0.159. The Labute approximate surface area is 542 Å². The minimum Gasteiger partial charge on any atom is -0.480 e. The number of fused-ring (bicyclic) bond motifs is 5. The lowest BCUT2D eigenvalue weighted by atomic mass is 9.85. The maximum absolute atomic E-state index is 16.3. The summed E-state index contributed by atoms with van der Waals surface area (Å²) in [6.07, 6.45) is 5.81. The number of para-hydroxylation sites is 2. The lowest BCUT2D eigenvalue weighted by Crippen LogP contribution is -2.61. The van der Waals surface area contributed by atoms with Gasteiger partial charge in [-0.2, -0.15) is 10.2 Å². The first-order chi connectivity index (χ1) is 45.0. The number of carboxylic acid groups (broad SMARTS) is 1. The number of aliphatic carboxylic acids is 1. The predicted octanol–water partition coefficient (Wildman–Crippen LogP) is 7.87. The number of carbonyl (C=O) groups excluding carboxylic acids is 7. The average molecular weight is 1300 g/mol. The number of aryl methyl sites for hydroxylation is 1. The topological polar surface area (TPSA) is 264 Å². The van der Waals surface area contributed by atoms with Crippen molar-refractivity contribution in [1.82, 2.24) is 54.8 Å². The van der Waals surface area contributed by atoms with Gasteiger partial charge in [0.25, 0.3) is 5.91 Å². The third-order valence-electron chi connectivity index (χ3n) is 19.9. The first-order valence-electron chi connectivity index (χ1n) is 31.7. The minimum atomic E-state index is -1.41. The van der Waals surface area contributed by atoms with E-state index in [2.05, 4.69) is 21.0 Å². The van der Waals surface area contributed by atoms with Crippen molar-refractivity contribution < 1.29 is 52.6 Å². The Balaban J connectivity index is 0.675.